The fourth-order valence-electron chi connectivity index (χ4n) is 1.41. The lowest BCUT2D eigenvalue weighted by molar-refractivity contribution is 0.639. The number of nitrogens with two attached hydrogens (primary N) is 1. The molecule has 1 aromatic rings. The summed E-state index contributed by atoms with van der Waals surface area (Å²) in [5, 5.41) is 1.71. The molecular formula is C13H20ClNS. The topological polar surface area (TPSA) is 26.0 Å². The third-order valence-electron chi connectivity index (χ3n) is 2.78. The summed E-state index contributed by atoms with van der Waals surface area (Å²) in [7, 11) is 0. The lowest BCUT2D eigenvalue weighted by Gasteiger charge is -2.23. The van der Waals surface area contributed by atoms with E-state index in [-0.39, 0.29) is 0 Å². The van der Waals surface area contributed by atoms with Crippen LogP contribution in [0.4, 0.5) is 0 Å². The summed E-state index contributed by atoms with van der Waals surface area (Å²) >= 11 is 8.10. The zero-order valence-electron chi connectivity index (χ0n) is 10.1. The zero-order valence-corrected chi connectivity index (χ0v) is 11.7. The fraction of sp³-hybridized carbons (Fsp3) is 0.538. The van der Waals surface area contributed by atoms with Crippen molar-refractivity contribution in [3.05, 3.63) is 34.9 Å². The van der Waals surface area contributed by atoms with Gasteiger partial charge in [0.15, 0.2) is 0 Å². The second kappa shape index (κ2) is 6.53. The number of hydrogen-bond acceptors (Lipinski definition) is 2. The molecule has 90 valence electrons. The van der Waals surface area contributed by atoms with Crippen molar-refractivity contribution in [3.8, 4) is 0 Å². The average Bonchev–Trinajstić information content (AvgIpc) is 2.26. The summed E-state index contributed by atoms with van der Waals surface area (Å²) in [5.41, 5.74) is 7.00. The van der Waals surface area contributed by atoms with Gasteiger partial charge in [-0.25, -0.2) is 0 Å². The second-order valence-electron chi connectivity index (χ2n) is 4.33. The molecule has 0 aromatic heterocycles. The highest BCUT2D eigenvalue weighted by molar-refractivity contribution is 8.00. The van der Waals surface area contributed by atoms with Crippen LogP contribution in [0.3, 0.4) is 0 Å². The molecule has 16 heavy (non-hydrogen) atoms. The number of hydrogen-bond donors (Lipinski definition) is 1. The molecule has 1 aromatic carbocycles. The lowest BCUT2D eigenvalue weighted by Crippen LogP contribution is -2.15. The summed E-state index contributed by atoms with van der Waals surface area (Å²) < 4.78 is 0. The highest BCUT2D eigenvalue weighted by atomic mass is 35.5. The van der Waals surface area contributed by atoms with Gasteiger partial charge < -0.3 is 5.73 Å². The van der Waals surface area contributed by atoms with Crippen LogP contribution in [0.25, 0.3) is 0 Å². The molecule has 2 unspecified atom stereocenters. The van der Waals surface area contributed by atoms with Gasteiger partial charge in [0.25, 0.3) is 0 Å². The van der Waals surface area contributed by atoms with Gasteiger partial charge in [0.2, 0.25) is 0 Å². The first-order valence-corrected chi connectivity index (χ1v) is 6.98. The summed E-state index contributed by atoms with van der Waals surface area (Å²) in [6, 6.07) is 7.97. The minimum Gasteiger partial charge on any atom is -0.329 e. The highest BCUT2D eigenvalue weighted by Crippen LogP contribution is 2.37. The van der Waals surface area contributed by atoms with Crippen LogP contribution in [0.2, 0.25) is 5.02 Å². The maximum atomic E-state index is 6.19. The summed E-state index contributed by atoms with van der Waals surface area (Å²) in [6.07, 6.45) is 0. The lowest BCUT2D eigenvalue weighted by atomic mass is 10.1. The van der Waals surface area contributed by atoms with Gasteiger partial charge in [-0.15, -0.1) is 11.8 Å². The van der Waals surface area contributed by atoms with Crippen molar-refractivity contribution in [2.75, 3.05) is 6.54 Å². The summed E-state index contributed by atoms with van der Waals surface area (Å²) in [5.74, 6) is 0.654. The Morgan fingerprint density at radius 2 is 1.88 bits per heavy atom. The molecule has 0 heterocycles. The molecule has 2 N–H and O–H groups in total. The molecule has 0 saturated heterocycles. The van der Waals surface area contributed by atoms with Crippen LogP contribution in [0.1, 0.15) is 31.6 Å². The quantitative estimate of drug-likeness (QED) is 0.859. The standard InChI is InChI=1S/C13H20ClNS/c1-9(2)10(3)16-13(8-15)11-6-4-5-7-12(11)14/h4-7,9-10,13H,8,15H2,1-3H3. The Balaban J connectivity index is 2.79. The van der Waals surface area contributed by atoms with E-state index in [1.807, 2.05) is 30.0 Å². The van der Waals surface area contributed by atoms with Gasteiger partial charge >= 0.3 is 0 Å². The van der Waals surface area contributed by atoms with E-state index < -0.39 is 0 Å². The van der Waals surface area contributed by atoms with E-state index >= 15 is 0 Å². The van der Waals surface area contributed by atoms with Gasteiger partial charge in [0, 0.05) is 22.1 Å². The van der Waals surface area contributed by atoms with E-state index in [1.165, 1.54) is 0 Å². The normalized spacial score (nSPS) is 15.1. The van der Waals surface area contributed by atoms with Gasteiger partial charge in [0.05, 0.1) is 0 Å². The highest BCUT2D eigenvalue weighted by Gasteiger charge is 2.18. The molecule has 0 bridgehead atoms. The maximum Gasteiger partial charge on any atom is 0.0449 e. The Morgan fingerprint density at radius 3 is 2.38 bits per heavy atom. The Hall–Kier alpha value is -0.180. The molecule has 0 spiro atoms. The first kappa shape index (κ1) is 13.9. The molecule has 0 saturated carbocycles. The fourth-order valence-corrected chi connectivity index (χ4v) is 3.04. The van der Waals surface area contributed by atoms with E-state index in [0.29, 0.717) is 23.0 Å². The van der Waals surface area contributed by atoms with Crippen LogP contribution >= 0.6 is 23.4 Å². The van der Waals surface area contributed by atoms with Crippen LogP contribution < -0.4 is 5.73 Å². The SMILES string of the molecule is CC(C)C(C)SC(CN)c1ccccc1Cl. The number of benzene rings is 1. The maximum absolute atomic E-state index is 6.19. The summed E-state index contributed by atoms with van der Waals surface area (Å²) in [6.45, 7) is 7.34. The minimum atomic E-state index is 0.297. The monoisotopic (exact) mass is 257 g/mol. The molecule has 0 aliphatic carbocycles. The van der Waals surface area contributed by atoms with Crippen LogP contribution in [0, 0.1) is 5.92 Å². The Kier molecular flexibility index (Phi) is 5.67. The van der Waals surface area contributed by atoms with Crippen molar-refractivity contribution in [1.29, 1.82) is 0 Å². The predicted octanol–water partition coefficient (Wildman–Crippen LogP) is 4.12. The minimum absolute atomic E-state index is 0.297. The number of thioether (sulfide) groups is 1. The molecule has 0 amide bonds. The van der Waals surface area contributed by atoms with Crippen LogP contribution in [-0.4, -0.2) is 11.8 Å². The van der Waals surface area contributed by atoms with E-state index in [2.05, 4.69) is 26.8 Å². The predicted molar refractivity (Wildman–Crippen MR) is 75.1 cm³/mol. The Morgan fingerprint density at radius 1 is 1.25 bits per heavy atom. The largest absolute Gasteiger partial charge is 0.329 e. The molecule has 1 nitrogen and oxygen atoms in total. The number of rotatable bonds is 5. The molecule has 3 heteroatoms. The zero-order chi connectivity index (χ0) is 12.1. The Labute approximate surface area is 108 Å². The molecular weight excluding hydrogens is 238 g/mol. The molecule has 0 fully saturated rings. The summed E-state index contributed by atoms with van der Waals surface area (Å²) in [4.78, 5) is 0. The van der Waals surface area contributed by atoms with Gasteiger partial charge in [-0.1, -0.05) is 50.6 Å². The van der Waals surface area contributed by atoms with Crippen LogP contribution in [0.5, 0.6) is 0 Å². The van der Waals surface area contributed by atoms with Gasteiger partial charge in [-0.3, -0.25) is 0 Å². The van der Waals surface area contributed by atoms with E-state index in [9.17, 15) is 0 Å². The molecule has 0 aliphatic heterocycles. The molecule has 2 atom stereocenters. The van der Waals surface area contributed by atoms with Crippen LogP contribution in [-0.2, 0) is 0 Å². The van der Waals surface area contributed by atoms with E-state index in [1.54, 1.807) is 0 Å². The number of halogens is 1. The molecule has 1 rings (SSSR count). The van der Waals surface area contributed by atoms with Crippen molar-refractivity contribution in [3.63, 3.8) is 0 Å². The van der Waals surface area contributed by atoms with Crippen LogP contribution in [0.15, 0.2) is 24.3 Å². The third kappa shape index (κ3) is 3.69. The van der Waals surface area contributed by atoms with Crippen molar-refractivity contribution in [2.45, 2.75) is 31.3 Å². The van der Waals surface area contributed by atoms with Gasteiger partial charge in [-0.2, -0.15) is 0 Å². The smallest absolute Gasteiger partial charge is 0.0449 e. The van der Waals surface area contributed by atoms with E-state index in [4.69, 9.17) is 17.3 Å². The average molecular weight is 258 g/mol. The van der Waals surface area contributed by atoms with Crippen molar-refractivity contribution in [1.82, 2.24) is 0 Å². The van der Waals surface area contributed by atoms with Crippen molar-refractivity contribution in [2.24, 2.45) is 11.7 Å². The second-order valence-corrected chi connectivity index (χ2v) is 6.32. The van der Waals surface area contributed by atoms with Crippen molar-refractivity contribution >= 4 is 23.4 Å². The first-order chi connectivity index (χ1) is 7.56. The van der Waals surface area contributed by atoms with E-state index in [0.717, 1.165) is 10.6 Å². The first-order valence-electron chi connectivity index (χ1n) is 5.66. The van der Waals surface area contributed by atoms with Gasteiger partial charge in [-0.05, 0) is 17.5 Å². The van der Waals surface area contributed by atoms with Gasteiger partial charge in [0.1, 0.15) is 0 Å². The molecule has 0 radical (unpaired) electrons. The van der Waals surface area contributed by atoms with Crippen molar-refractivity contribution < 1.29 is 0 Å². The molecule has 0 aliphatic rings. The Bertz CT molecular complexity index is 327. The third-order valence-corrected chi connectivity index (χ3v) is 4.88.